The normalized spacial score (nSPS) is 10.4. The molecule has 0 N–H and O–H groups in total. The van der Waals surface area contributed by atoms with Crippen molar-refractivity contribution in [1.29, 1.82) is 5.26 Å². The molecule has 0 spiro atoms. The number of alkyl halides is 1. The first-order valence-corrected chi connectivity index (χ1v) is 6.38. The highest BCUT2D eigenvalue weighted by Gasteiger charge is 2.07. The molecule has 2 aromatic rings. The number of rotatable bonds is 2. The van der Waals surface area contributed by atoms with E-state index in [1.165, 1.54) is 0 Å². The average molecular weight is 291 g/mol. The fourth-order valence-corrected chi connectivity index (χ4v) is 2.33. The van der Waals surface area contributed by atoms with E-state index in [-0.39, 0.29) is 5.56 Å². The van der Waals surface area contributed by atoms with E-state index in [2.05, 4.69) is 22.0 Å². The summed E-state index contributed by atoms with van der Waals surface area (Å²) in [6.45, 7) is 0. The molecule has 17 heavy (non-hydrogen) atoms. The quantitative estimate of drug-likeness (QED) is 0.797. The van der Waals surface area contributed by atoms with E-state index in [1.807, 2.05) is 12.1 Å². The van der Waals surface area contributed by atoms with Gasteiger partial charge in [-0.1, -0.05) is 15.9 Å². The lowest BCUT2D eigenvalue weighted by atomic mass is 10.0. The Bertz CT molecular complexity index is 667. The van der Waals surface area contributed by atoms with Crippen LogP contribution in [-0.4, -0.2) is 9.90 Å². The molecule has 1 aromatic carbocycles. The second kappa shape index (κ2) is 4.72. The molecule has 0 aliphatic rings. The predicted molar refractivity (Wildman–Crippen MR) is 71.4 cm³/mol. The zero-order chi connectivity index (χ0) is 12.4. The van der Waals surface area contributed by atoms with Crippen molar-refractivity contribution in [3.63, 3.8) is 0 Å². The van der Waals surface area contributed by atoms with Gasteiger partial charge in [-0.15, -0.1) is 0 Å². The van der Waals surface area contributed by atoms with Crippen LogP contribution in [0.1, 0.15) is 11.1 Å². The third-order valence-corrected chi connectivity index (χ3v) is 3.22. The molecule has 0 fully saturated rings. The van der Waals surface area contributed by atoms with E-state index in [9.17, 15) is 4.79 Å². The smallest absolute Gasteiger partial charge is 0.251 e. The van der Waals surface area contributed by atoms with Crippen molar-refractivity contribution in [3.05, 3.63) is 45.7 Å². The first kappa shape index (κ1) is 11.9. The lowest BCUT2D eigenvalue weighted by Gasteiger charge is -2.09. The molecule has 0 atom stereocenters. The Balaban J connectivity index is 2.85. The molecule has 1 aromatic heterocycles. The number of nitrogens with zero attached hydrogens (tertiary/aromatic N) is 2. The molecule has 0 radical (unpaired) electrons. The Morgan fingerprint density at radius 3 is 2.82 bits per heavy atom. The summed E-state index contributed by atoms with van der Waals surface area (Å²) >= 11 is 3.38. The SMILES string of the molecule is Cn1c(=O)cc(CCBr)c2cc(C#N)ccc21. The summed E-state index contributed by atoms with van der Waals surface area (Å²) in [7, 11) is 1.74. The van der Waals surface area contributed by atoms with E-state index < -0.39 is 0 Å². The van der Waals surface area contributed by atoms with E-state index in [0.717, 1.165) is 28.2 Å². The van der Waals surface area contributed by atoms with Gasteiger partial charge >= 0.3 is 0 Å². The molecule has 4 heteroatoms. The van der Waals surface area contributed by atoms with Crippen molar-refractivity contribution in [2.75, 3.05) is 5.33 Å². The van der Waals surface area contributed by atoms with Crippen LogP contribution in [0.5, 0.6) is 0 Å². The number of hydrogen-bond donors (Lipinski definition) is 0. The van der Waals surface area contributed by atoms with Gasteiger partial charge in [0.2, 0.25) is 0 Å². The van der Waals surface area contributed by atoms with E-state index in [0.29, 0.717) is 5.56 Å². The highest BCUT2D eigenvalue weighted by atomic mass is 79.9. The summed E-state index contributed by atoms with van der Waals surface area (Å²) in [6.07, 6.45) is 0.779. The maximum atomic E-state index is 11.8. The largest absolute Gasteiger partial charge is 0.311 e. The average Bonchev–Trinajstić information content (AvgIpc) is 2.35. The standard InChI is InChI=1S/C13H11BrN2O/c1-16-12-3-2-9(8-15)6-11(12)10(4-5-14)7-13(16)17/h2-3,6-7H,4-5H2,1H3. The van der Waals surface area contributed by atoms with Gasteiger partial charge in [0.25, 0.3) is 5.56 Å². The lowest BCUT2D eigenvalue weighted by Crippen LogP contribution is -2.17. The third-order valence-electron chi connectivity index (χ3n) is 2.83. The number of halogens is 1. The lowest BCUT2D eigenvalue weighted by molar-refractivity contribution is 0.898. The van der Waals surface area contributed by atoms with E-state index >= 15 is 0 Å². The first-order chi connectivity index (χ1) is 8.17. The zero-order valence-electron chi connectivity index (χ0n) is 9.40. The number of hydrogen-bond acceptors (Lipinski definition) is 2. The summed E-state index contributed by atoms with van der Waals surface area (Å²) in [6, 6.07) is 9.17. The molecule has 2 rings (SSSR count). The van der Waals surface area contributed by atoms with Gasteiger partial charge < -0.3 is 4.57 Å². The molecule has 86 valence electrons. The van der Waals surface area contributed by atoms with Gasteiger partial charge in [-0.05, 0) is 30.2 Å². The first-order valence-electron chi connectivity index (χ1n) is 5.26. The van der Waals surface area contributed by atoms with Crippen LogP contribution >= 0.6 is 15.9 Å². The van der Waals surface area contributed by atoms with Crippen LogP contribution in [0.15, 0.2) is 29.1 Å². The fourth-order valence-electron chi connectivity index (χ4n) is 1.91. The molecule has 0 saturated heterocycles. The second-order valence-electron chi connectivity index (χ2n) is 3.85. The van der Waals surface area contributed by atoms with Crippen molar-refractivity contribution >= 4 is 26.8 Å². The van der Waals surface area contributed by atoms with Crippen molar-refractivity contribution in [3.8, 4) is 6.07 Å². The Hall–Kier alpha value is -1.60. The number of nitriles is 1. The Labute approximate surface area is 107 Å². The van der Waals surface area contributed by atoms with Gasteiger partial charge in [0.1, 0.15) is 0 Å². The number of aryl methyl sites for hydroxylation is 2. The van der Waals surface area contributed by atoms with Crippen LogP contribution in [0.4, 0.5) is 0 Å². The number of pyridine rings is 1. The van der Waals surface area contributed by atoms with Gasteiger partial charge in [0.15, 0.2) is 0 Å². The van der Waals surface area contributed by atoms with Crippen LogP contribution < -0.4 is 5.56 Å². The monoisotopic (exact) mass is 290 g/mol. The van der Waals surface area contributed by atoms with Crippen molar-refractivity contribution in [1.82, 2.24) is 4.57 Å². The minimum absolute atomic E-state index is 0.0156. The van der Waals surface area contributed by atoms with Crippen molar-refractivity contribution in [2.24, 2.45) is 7.05 Å². The highest BCUT2D eigenvalue weighted by molar-refractivity contribution is 9.09. The van der Waals surface area contributed by atoms with Gasteiger partial charge in [0, 0.05) is 23.8 Å². The zero-order valence-corrected chi connectivity index (χ0v) is 11.0. The summed E-state index contributed by atoms with van der Waals surface area (Å²) in [5, 5.41) is 10.7. The van der Waals surface area contributed by atoms with Crippen LogP contribution in [0.25, 0.3) is 10.9 Å². The second-order valence-corrected chi connectivity index (χ2v) is 4.64. The molecule has 0 bridgehead atoms. The van der Waals surface area contributed by atoms with Crippen molar-refractivity contribution < 1.29 is 0 Å². The molecule has 0 unspecified atom stereocenters. The van der Waals surface area contributed by atoms with Gasteiger partial charge in [-0.2, -0.15) is 5.26 Å². The number of fused-ring (bicyclic) bond motifs is 1. The Kier molecular flexibility index (Phi) is 3.30. The van der Waals surface area contributed by atoms with Crippen LogP contribution in [-0.2, 0) is 13.5 Å². The van der Waals surface area contributed by atoms with Crippen LogP contribution in [0.2, 0.25) is 0 Å². The molecule has 0 saturated carbocycles. The summed E-state index contributed by atoms with van der Waals surface area (Å²) < 4.78 is 1.61. The Morgan fingerprint density at radius 2 is 2.18 bits per heavy atom. The van der Waals surface area contributed by atoms with Gasteiger partial charge in [-0.3, -0.25) is 4.79 Å². The van der Waals surface area contributed by atoms with E-state index in [1.54, 1.807) is 23.7 Å². The number of aromatic nitrogens is 1. The van der Waals surface area contributed by atoms with Crippen molar-refractivity contribution in [2.45, 2.75) is 6.42 Å². The molecule has 0 amide bonds. The minimum atomic E-state index is -0.0156. The van der Waals surface area contributed by atoms with Crippen LogP contribution in [0, 0.1) is 11.3 Å². The molecule has 1 heterocycles. The van der Waals surface area contributed by atoms with E-state index in [4.69, 9.17) is 5.26 Å². The number of benzene rings is 1. The van der Waals surface area contributed by atoms with Gasteiger partial charge in [0.05, 0.1) is 17.1 Å². The molecule has 0 aliphatic carbocycles. The molecular weight excluding hydrogens is 280 g/mol. The minimum Gasteiger partial charge on any atom is -0.311 e. The predicted octanol–water partition coefficient (Wildman–Crippen LogP) is 2.35. The third kappa shape index (κ3) is 2.11. The summed E-state index contributed by atoms with van der Waals surface area (Å²) in [5.41, 5.74) is 2.45. The highest BCUT2D eigenvalue weighted by Crippen LogP contribution is 2.19. The molecular formula is C13H11BrN2O. The fraction of sp³-hybridized carbons (Fsp3) is 0.231. The molecule has 3 nitrogen and oxygen atoms in total. The van der Waals surface area contributed by atoms with Crippen LogP contribution in [0.3, 0.4) is 0 Å². The summed E-state index contributed by atoms with van der Waals surface area (Å²) in [4.78, 5) is 11.8. The maximum Gasteiger partial charge on any atom is 0.251 e. The Morgan fingerprint density at radius 1 is 1.41 bits per heavy atom. The topological polar surface area (TPSA) is 45.8 Å². The molecule has 0 aliphatic heterocycles. The maximum absolute atomic E-state index is 11.8. The summed E-state index contributed by atoms with van der Waals surface area (Å²) in [5.74, 6) is 0. The van der Waals surface area contributed by atoms with Gasteiger partial charge in [-0.25, -0.2) is 0 Å².